The third kappa shape index (κ3) is 2.39. The standard InChI is InChI=1S/C12H15NO4S/c1-6-7(2)18-11(9(6)12(15)16)13-10(14)8-3-4-17-5-8/h8H,3-5H2,1-2H3,(H,13,14)(H,15,16). The second kappa shape index (κ2) is 5.07. The lowest BCUT2D eigenvalue weighted by molar-refractivity contribution is -0.119. The molecule has 18 heavy (non-hydrogen) atoms. The smallest absolute Gasteiger partial charge is 0.338 e. The number of hydrogen-bond acceptors (Lipinski definition) is 4. The lowest BCUT2D eigenvalue weighted by Crippen LogP contribution is -2.23. The van der Waals surface area contributed by atoms with Crippen LogP contribution < -0.4 is 5.32 Å². The summed E-state index contributed by atoms with van der Waals surface area (Å²) < 4.78 is 5.15. The van der Waals surface area contributed by atoms with Gasteiger partial charge in [0, 0.05) is 11.5 Å². The number of carboxylic acid groups (broad SMARTS) is 1. The third-order valence-corrected chi connectivity index (χ3v) is 4.26. The summed E-state index contributed by atoms with van der Waals surface area (Å²) in [5, 5.41) is 12.3. The molecule has 1 aromatic heterocycles. The molecule has 0 aromatic carbocycles. The number of ether oxygens (including phenoxy) is 1. The summed E-state index contributed by atoms with van der Waals surface area (Å²) in [6.07, 6.45) is 0.692. The highest BCUT2D eigenvalue weighted by Crippen LogP contribution is 2.33. The molecule has 0 bridgehead atoms. The average Bonchev–Trinajstić information content (AvgIpc) is 2.88. The van der Waals surface area contributed by atoms with Crippen LogP contribution in [0.3, 0.4) is 0 Å². The van der Waals surface area contributed by atoms with Crippen LogP contribution in [0.25, 0.3) is 0 Å². The van der Waals surface area contributed by atoms with Crippen molar-refractivity contribution in [3.05, 3.63) is 16.0 Å². The Hall–Kier alpha value is -1.40. The molecule has 1 aliphatic rings. The fourth-order valence-corrected chi connectivity index (χ4v) is 2.98. The summed E-state index contributed by atoms with van der Waals surface area (Å²) >= 11 is 1.30. The van der Waals surface area contributed by atoms with Crippen LogP contribution in [-0.2, 0) is 9.53 Å². The van der Waals surface area contributed by atoms with Gasteiger partial charge in [-0.15, -0.1) is 11.3 Å². The molecule has 1 unspecified atom stereocenters. The van der Waals surface area contributed by atoms with E-state index in [1.807, 2.05) is 6.92 Å². The molecule has 0 spiro atoms. The Morgan fingerprint density at radius 1 is 1.44 bits per heavy atom. The lowest BCUT2D eigenvalue weighted by atomic mass is 10.1. The Morgan fingerprint density at radius 2 is 2.17 bits per heavy atom. The number of thiophene rings is 1. The van der Waals surface area contributed by atoms with Gasteiger partial charge in [0.15, 0.2) is 0 Å². The van der Waals surface area contributed by atoms with E-state index < -0.39 is 5.97 Å². The molecular weight excluding hydrogens is 254 g/mol. The minimum atomic E-state index is -1.00. The first-order valence-corrected chi connectivity index (χ1v) is 6.54. The molecule has 1 fully saturated rings. The molecule has 2 rings (SSSR count). The van der Waals surface area contributed by atoms with Crippen LogP contribution in [0.1, 0.15) is 27.2 Å². The summed E-state index contributed by atoms with van der Waals surface area (Å²) in [7, 11) is 0. The number of carboxylic acids is 1. The van der Waals surface area contributed by atoms with E-state index in [1.54, 1.807) is 6.92 Å². The van der Waals surface area contributed by atoms with E-state index >= 15 is 0 Å². The van der Waals surface area contributed by atoms with Gasteiger partial charge in [-0.1, -0.05) is 0 Å². The largest absolute Gasteiger partial charge is 0.478 e. The van der Waals surface area contributed by atoms with Crippen molar-refractivity contribution < 1.29 is 19.4 Å². The van der Waals surface area contributed by atoms with Crippen molar-refractivity contribution in [3.63, 3.8) is 0 Å². The van der Waals surface area contributed by atoms with Crippen molar-refractivity contribution in [2.24, 2.45) is 5.92 Å². The fourth-order valence-electron chi connectivity index (χ4n) is 1.93. The van der Waals surface area contributed by atoms with Gasteiger partial charge in [-0.3, -0.25) is 4.79 Å². The van der Waals surface area contributed by atoms with Crippen LogP contribution >= 0.6 is 11.3 Å². The maximum atomic E-state index is 11.9. The molecule has 1 aliphatic heterocycles. The van der Waals surface area contributed by atoms with Gasteiger partial charge in [-0.25, -0.2) is 4.79 Å². The van der Waals surface area contributed by atoms with Gasteiger partial charge in [-0.2, -0.15) is 0 Å². The highest BCUT2D eigenvalue weighted by atomic mass is 32.1. The van der Waals surface area contributed by atoms with Crippen molar-refractivity contribution in [1.29, 1.82) is 0 Å². The number of anilines is 1. The molecule has 1 amide bonds. The summed E-state index contributed by atoms with van der Waals surface area (Å²) in [5.74, 6) is -1.33. The van der Waals surface area contributed by atoms with Crippen LogP contribution in [0.4, 0.5) is 5.00 Å². The monoisotopic (exact) mass is 269 g/mol. The minimum absolute atomic E-state index is 0.156. The van der Waals surface area contributed by atoms with Crippen LogP contribution in [0.2, 0.25) is 0 Å². The first-order chi connectivity index (χ1) is 8.50. The molecule has 5 nitrogen and oxygen atoms in total. The highest BCUT2D eigenvalue weighted by Gasteiger charge is 2.26. The van der Waals surface area contributed by atoms with Gasteiger partial charge in [0.25, 0.3) is 0 Å². The average molecular weight is 269 g/mol. The number of aryl methyl sites for hydroxylation is 1. The zero-order valence-electron chi connectivity index (χ0n) is 10.3. The topological polar surface area (TPSA) is 75.6 Å². The molecular formula is C12H15NO4S. The Labute approximate surface area is 109 Å². The number of carbonyl (C=O) groups excluding carboxylic acids is 1. The number of amides is 1. The predicted molar refractivity (Wildman–Crippen MR) is 68.3 cm³/mol. The second-order valence-corrected chi connectivity index (χ2v) is 5.57. The number of rotatable bonds is 3. The Bertz CT molecular complexity index is 489. The van der Waals surface area contributed by atoms with E-state index in [2.05, 4.69) is 5.32 Å². The van der Waals surface area contributed by atoms with Crippen molar-refractivity contribution in [3.8, 4) is 0 Å². The fraction of sp³-hybridized carbons (Fsp3) is 0.500. The molecule has 6 heteroatoms. The molecule has 98 valence electrons. The van der Waals surface area contributed by atoms with Crippen molar-refractivity contribution in [2.45, 2.75) is 20.3 Å². The summed E-state index contributed by atoms with van der Waals surface area (Å²) in [6.45, 7) is 4.61. The summed E-state index contributed by atoms with van der Waals surface area (Å²) in [6, 6.07) is 0. The van der Waals surface area contributed by atoms with E-state index in [-0.39, 0.29) is 17.4 Å². The lowest BCUT2D eigenvalue weighted by Gasteiger charge is -2.08. The Morgan fingerprint density at radius 3 is 2.72 bits per heavy atom. The zero-order valence-corrected chi connectivity index (χ0v) is 11.1. The maximum absolute atomic E-state index is 11.9. The van der Waals surface area contributed by atoms with E-state index in [1.165, 1.54) is 11.3 Å². The molecule has 0 aliphatic carbocycles. The van der Waals surface area contributed by atoms with Gasteiger partial charge in [-0.05, 0) is 25.8 Å². The normalized spacial score (nSPS) is 18.9. The van der Waals surface area contributed by atoms with E-state index in [9.17, 15) is 9.59 Å². The zero-order chi connectivity index (χ0) is 13.3. The maximum Gasteiger partial charge on any atom is 0.338 e. The third-order valence-electron chi connectivity index (χ3n) is 3.14. The van der Waals surface area contributed by atoms with Gasteiger partial charge in [0.1, 0.15) is 5.00 Å². The van der Waals surface area contributed by atoms with Gasteiger partial charge in [0.2, 0.25) is 5.91 Å². The molecule has 2 heterocycles. The Kier molecular flexibility index (Phi) is 3.68. The highest BCUT2D eigenvalue weighted by molar-refractivity contribution is 7.16. The molecule has 1 saturated heterocycles. The SMILES string of the molecule is Cc1sc(NC(=O)C2CCOC2)c(C(=O)O)c1C. The number of hydrogen-bond donors (Lipinski definition) is 2. The van der Waals surface area contributed by atoms with Crippen molar-refractivity contribution in [2.75, 3.05) is 18.5 Å². The van der Waals surface area contributed by atoms with Crippen LogP contribution in [0, 0.1) is 19.8 Å². The molecule has 2 N–H and O–H groups in total. The second-order valence-electron chi connectivity index (χ2n) is 4.34. The number of nitrogens with one attached hydrogen (secondary N) is 1. The van der Waals surface area contributed by atoms with E-state index in [0.29, 0.717) is 30.2 Å². The van der Waals surface area contributed by atoms with E-state index in [4.69, 9.17) is 9.84 Å². The Balaban J connectivity index is 2.20. The first kappa shape index (κ1) is 13.0. The molecule has 0 radical (unpaired) electrons. The molecule has 1 aromatic rings. The van der Waals surface area contributed by atoms with Crippen molar-refractivity contribution in [1.82, 2.24) is 0 Å². The number of carbonyl (C=O) groups is 2. The molecule has 1 atom stereocenters. The summed E-state index contributed by atoms with van der Waals surface area (Å²) in [4.78, 5) is 24.0. The van der Waals surface area contributed by atoms with Crippen molar-refractivity contribution >= 4 is 28.2 Å². The van der Waals surface area contributed by atoms with E-state index in [0.717, 1.165) is 4.88 Å². The number of aromatic carboxylic acids is 1. The van der Waals surface area contributed by atoms with Crippen LogP contribution in [0.15, 0.2) is 0 Å². The summed E-state index contributed by atoms with van der Waals surface area (Å²) in [5.41, 5.74) is 0.912. The van der Waals surface area contributed by atoms with Crippen LogP contribution in [0.5, 0.6) is 0 Å². The molecule has 0 saturated carbocycles. The van der Waals surface area contributed by atoms with Crippen LogP contribution in [-0.4, -0.2) is 30.2 Å². The quantitative estimate of drug-likeness (QED) is 0.880. The predicted octanol–water partition coefficient (Wildman–Crippen LogP) is 2.04. The van der Waals surface area contributed by atoms with Gasteiger partial charge in [0.05, 0.1) is 18.1 Å². The van der Waals surface area contributed by atoms with Gasteiger partial charge < -0.3 is 15.2 Å². The minimum Gasteiger partial charge on any atom is -0.478 e. The first-order valence-electron chi connectivity index (χ1n) is 5.72. The van der Waals surface area contributed by atoms with Gasteiger partial charge >= 0.3 is 5.97 Å².